The van der Waals surface area contributed by atoms with E-state index in [1.807, 2.05) is 30.3 Å². The molecule has 0 atom stereocenters. The molecule has 0 radical (unpaired) electrons. The highest BCUT2D eigenvalue weighted by molar-refractivity contribution is 5.86. The van der Waals surface area contributed by atoms with Crippen molar-refractivity contribution in [2.75, 3.05) is 7.11 Å². The van der Waals surface area contributed by atoms with Crippen molar-refractivity contribution in [3.05, 3.63) is 82.0 Å². The molecule has 0 amide bonds. The molecular formula is C23H18O6. The average molecular weight is 390 g/mol. The van der Waals surface area contributed by atoms with E-state index in [4.69, 9.17) is 9.15 Å². The molecule has 0 aliphatic heterocycles. The highest BCUT2D eigenvalue weighted by Crippen LogP contribution is 2.37. The molecule has 146 valence electrons. The smallest absolute Gasteiger partial charge is 0.197 e. The Kier molecular flexibility index (Phi) is 4.60. The third kappa shape index (κ3) is 3.48. The monoisotopic (exact) mass is 390 g/mol. The summed E-state index contributed by atoms with van der Waals surface area (Å²) in [6.45, 7) is 0. The van der Waals surface area contributed by atoms with Gasteiger partial charge in [0.1, 0.15) is 28.2 Å². The molecular weight excluding hydrogens is 372 g/mol. The van der Waals surface area contributed by atoms with Crippen molar-refractivity contribution in [1.29, 1.82) is 0 Å². The summed E-state index contributed by atoms with van der Waals surface area (Å²) >= 11 is 0. The van der Waals surface area contributed by atoms with Crippen LogP contribution in [0, 0.1) is 0 Å². The number of phenolic OH excluding ortho intramolecular Hbond substituents is 3. The molecule has 29 heavy (non-hydrogen) atoms. The zero-order valence-electron chi connectivity index (χ0n) is 15.5. The molecule has 0 unspecified atom stereocenters. The number of aromatic hydroxyl groups is 3. The topological polar surface area (TPSA) is 100 Å². The van der Waals surface area contributed by atoms with E-state index in [-0.39, 0.29) is 34.0 Å². The van der Waals surface area contributed by atoms with Crippen molar-refractivity contribution in [2.24, 2.45) is 0 Å². The van der Waals surface area contributed by atoms with Gasteiger partial charge in [-0.25, -0.2) is 0 Å². The fourth-order valence-electron chi connectivity index (χ4n) is 3.27. The first-order chi connectivity index (χ1) is 14.0. The summed E-state index contributed by atoms with van der Waals surface area (Å²) in [7, 11) is 1.44. The van der Waals surface area contributed by atoms with Crippen LogP contribution in [0.1, 0.15) is 11.1 Å². The van der Waals surface area contributed by atoms with Crippen molar-refractivity contribution >= 4 is 11.0 Å². The molecule has 0 spiro atoms. The first-order valence-corrected chi connectivity index (χ1v) is 8.90. The molecule has 4 aromatic rings. The zero-order chi connectivity index (χ0) is 20.5. The van der Waals surface area contributed by atoms with Crippen molar-refractivity contribution in [2.45, 2.75) is 6.42 Å². The van der Waals surface area contributed by atoms with Crippen LogP contribution in [0.3, 0.4) is 0 Å². The van der Waals surface area contributed by atoms with Crippen LogP contribution in [0.2, 0.25) is 0 Å². The molecule has 0 fully saturated rings. The van der Waals surface area contributed by atoms with E-state index < -0.39 is 5.43 Å². The van der Waals surface area contributed by atoms with Crippen LogP contribution in [-0.4, -0.2) is 22.4 Å². The maximum absolute atomic E-state index is 12.5. The molecule has 0 bridgehead atoms. The van der Waals surface area contributed by atoms with Crippen molar-refractivity contribution in [3.8, 4) is 34.3 Å². The number of hydrogen-bond acceptors (Lipinski definition) is 6. The first-order valence-electron chi connectivity index (χ1n) is 8.90. The largest absolute Gasteiger partial charge is 0.507 e. The molecule has 1 heterocycles. The summed E-state index contributed by atoms with van der Waals surface area (Å²) in [5.74, 6) is -0.240. The maximum atomic E-state index is 12.5. The quantitative estimate of drug-likeness (QED) is 0.452. The van der Waals surface area contributed by atoms with Gasteiger partial charge in [0.05, 0.1) is 7.11 Å². The number of benzene rings is 3. The van der Waals surface area contributed by atoms with E-state index in [9.17, 15) is 20.1 Å². The second kappa shape index (κ2) is 7.24. The predicted molar refractivity (Wildman–Crippen MR) is 109 cm³/mol. The molecule has 0 aliphatic rings. The van der Waals surface area contributed by atoms with Gasteiger partial charge in [-0.2, -0.15) is 0 Å². The lowest BCUT2D eigenvalue weighted by Crippen LogP contribution is -2.01. The molecule has 3 N–H and O–H groups in total. The van der Waals surface area contributed by atoms with Crippen LogP contribution in [0.5, 0.6) is 23.0 Å². The van der Waals surface area contributed by atoms with Gasteiger partial charge in [-0.3, -0.25) is 4.79 Å². The van der Waals surface area contributed by atoms with Crippen molar-refractivity contribution in [1.82, 2.24) is 0 Å². The highest BCUT2D eigenvalue weighted by Gasteiger charge is 2.16. The second-order valence-corrected chi connectivity index (χ2v) is 6.66. The Hall–Kier alpha value is -3.93. The Labute approximate surface area is 165 Å². The Morgan fingerprint density at radius 3 is 2.41 bits per heavy atom. The lowest BCUT2D eigenvalue weighted by Gasteiger charge is -2.11. The standard InChI is InChI=1S/C23H18O6/c1-28-16-10-17(24)22-18(25)12-20(29-21(22)11-16)14-8-15(23(27)19(26)9-14)7-13-5-3-2-4-6-13/h2-6,8-12,24,26-27H,7H2,1H3. The third-order valence-corrected chi connectivity index (χ3v) is 4.71. The highest BCUT2D eigenvalue weighted by atomic mass is 16.5. The van der Waals surface area contributed by atoms with Gasteiger partial charge < -0.3 is 24.5 Å². The van der Waals surface area contributed by atoms with E-state index >= 15 is 0 Å². The number of phenols is 3. The van der Waals surface area contributed by atoms with Gasteiger partial charge in [-0.05, 0) is 17.7 Å². The Bertz CT molecular complexity index is 1260. The van der Waals surface area contributed by atoms with Crippen LogP contribution in [0.4, 0.5) is 0 Å². The number of methoxy groups -OCH3 is 1. The summed E-state index contributed by atoms with van der Waals surface area (Å²) in [6.07, 6.45) is 0.389. The van der Waals surface area contributed by atoms with Gasteiger partial charge in [0.15, 0.2) is 16.9 Å². The second-order valence-electron chi connectivity index (χ2n) is 6.66. The Balaban J connectivity index is 1.86. The molecule has 0 saturated heterocycles. The van der Waals surface area contributed by atoms with E-state index in [1.54, 1.807) is 6.07 Å². The Morgan fingerprint density at radius 1 is 0.931 bits per heavy atom. The van der Waals surface area contributed by atoms with Gasteiger partial charge >= 0.3 is 0 Å². The van der Waals surface area contributed by atoms with Gasteiger partial charge in [-0.15, -0.1) is 0 Å². The minimum atomic E-state index is -0.432. The van der Waals surface area contributed by atoms with Crippen LogP contribution in [0.25, 0.3) is 22.3 Å². The normalized spacial score (nSPS) is 10.9. The average Bonchev–Trinajstić information content (AvgIpc) is 2.71. The summed E-state index contributed by atoms with van der Waals surface area (Å²) < 4.78 is 10.9. The molecule has 0 saturated carbocycles. The molecule has 4 rings (SSSR count). The number of ether oxygens (including phenoxy) is 1. The minimum absolute atomic E-state index is 0.0436. The zero-order valence-corrected chi connectivity index (χ0v) is 15.5. The van der Waals surface area contributed by atoms with Crippen LogP contribution in [-0.2, 0) is 6.42 Å². The summed E-state index contributed by atoms with van der Waals surface area (Å²) in [6, 6.07) is 16.6. The minimum Gasteiger partial charge on any atom is -0.507 e. The van der Waals surface area contributed by atoms with Crippen LogP contribution < -0.4 is 10.2 Å². The number of rotatable bonds is 4. The number of fused-ring (bicyclic) bond motifs is 1. The van der Waals surface area contributed by atoms with Crippen LogP contribution >= 0.6 is 0 Å². The SMILES string of the molecule is COc1cc(O)c2c(=O)cc(-c3cc(O)c(O)c(Cc4ccccc4)c3)oc2c1. The fraction of sp³-hybridized carbons (Fsp3) is 0.0870. The first kappa shape index (κ1) is 18.4. The van der Waals surface area contributed by atoms with Gasteiger partial charge in [0.25, 0.3) is 0 Å². The van der Waals surface area contributed by atoms with E-state index in [2.05, 4.69) is 0 Å². The van der Waals surface area contributed by atoms with E-state index in [0.717, 1.165) is 5.56 Å². The lowest BCUT2D eigenvalue weighted by atomic mass is 10.00. The van der Waals surface area contributed by atoms with Crippen molar-refractivity contribution < 1.29 is 24.5 Å². The Morgan fingerprint density at radius 2 is 1.69 bits per heavy atom. The lowest BCUT2D eigenvalue weighted by molar-refractivity contribution is 0.400. The van der Waals surface area contributed by atoms with Gasteiger partial charge in [0.2, 0.25) is 0 Å². The van der Waals surface area contributed by atoms with E-state index in [1.165, 1.54) is 31.4 Å². The molecule has 3 aromatic carbocycles. The van der Waals surface area contributed by atoms with Gasteiger partial charge in [0, 0.05) is 35.7 Å². The third-order valence-electron chi connectivity index (χ3n) is 4.71. The van der Waals surface area contributed by atoms with Gasteiger partial charge in [-0.1, -0.05) is 30.3 Å². The fourth-order valence-corrected chi connectivity index (χ4v) is 3.27. The van der Waals surface area contributed by atoms with Crippen LogP contribution in [0.15, 0.2) is 69.9 Å². The molecule has 1 aromatic heterocycles. The van der Waals surface area contributed by atoms with Crippen molar-refractivity contribution in [3.63, 3.8) is 0 Å². The molecule has 6 heteroatoms. The number of hydrogen-bond donors (Lipinski definition) is 3. The van der Waals surface area contributed by atoms with E-state index in [0.29, 0.717) is 23.3 Å². The summed E-state index contributed by atoms with van der Waals surface area (Å²) in [5.41, 5.74) is 1.59. The molecule has 0 aliphatic carbocycles. The molecule has 6 nitrogen and oxygen atoms in total. The maximum Gasteiger partial charge on any atom is 0.197 e. The summed E-state index contributed by atoms with van der Waals surface area (Å²) in [4.78, 5) is 12.5. The predicted octanol–water partition coefficient (Wildman–Crippen LogP) is 4.18. The summed E-state index contributed by atoms with van der Waals surface area (Å²) in [5, 5.41) is 30.6.